The quantitative estimate of drug-likeness (QED) is 0.862. The van der Waals surface area contributed by atoms with Gasteiger partial charge in [-0.15, -0.1) is 0 Å². The monoisotopic (exact) mass is 287 g/mol. The number of hydrogen-bond donors (Lipinski definition) is 1. The topological polar surface area (TPSA) is 40.5 Å². The minimum Gasteiger partial charge on any atom is -0.507 e. The minimum atomic E-state index is -4.19. The molecule has 1 aliphatic rings. The number of carbonyl (C=O) groups excluding carboxylic acids is 1. The lowest BCUT2D eigenvalue weighted by atomic mass is 9.95. The lowest BCUT2D eigenvalue weighted by molar-refractivity contribution is -0.183. The SMILES string of the molecule is Cc1cccc(C(=O)N2CCC(C(F)(F)F)CC2)c1O. The van der Waals surface area contributed by atoms with E-state index in [1.54, 1.807) is 19.1 Å². The van der Waals surface area contributed by atoms with E-state index < -0.39 is 18.0 Å². The number of piperidine rings is 1. The number of nitrogens with zero attached hydrogens (tertiary/aromatic N) is 1. The Hall–Kier alpha value is -1.72. The zero-order valence-corrected chi connectivity index (χ0v) is 11.1. The fourth-order valence-electron chi connectivity index (χ4n) is 2.41. The van der Waals surface area contributed by atoms with Crippen LogP contribution in [0, 0.1) is 12.8 Å². The maximum atomic E-state index is 12.6. The van der Waals surface area contributed by atoms with Crippen LogP contribution >= 0.6 is 0 Å². The average Bonchev–Trinajstić information content (AvgIpc) is 2.40. The van der Waals surface area contributed by atoms with E-state index in [0.717, 1.165) is 0 Å². The van der Waals surface area contributed by atoms with Gasteiger partial charge in [0.05, 0.1) is 11.5 Å². The summed E-state index contributed by atoms with van der Waals surface area (Å²) in [7, 11) is 0. The number of amides is 1. The predicted octanol–water partition coefficient (Wildman–Crippen LogP) is 3.12. The van der Waals surface area contributed by atoms with Crippen LogP contribution in [-0.2, 0) is 0 Å². The van der Waals surface area contributed by atoms with Gasteiger partial charge in [0.15, 0.2) is 0 Å². The van der Waals surface area contributed by atoms with Crippen molar-refractivity contribution in [3.05, 3.63) is 29.3 Å². The average molecular weight is 287 g/mol. The standard InChI is InChI=1S/C14H16F3NO2/c1-9-3-2-4-11(12(9)19)13(20)18-7-5-10(6-8-18)14(15,16)17/h2-4,10,19H,5-8H2,1H3. The first kappa shape index (κ1) is 14.7. The molecule has 0 spiro atoms. The van der Waals surface area contributed by atoms with Gasteiger partial charge in [-0.1, -0.05) is 12.1 Å². The third kappa shape index (κ3) is 2.89. The van der Waals surface area contributed by atoms with E-state index in [0.29, 0.717) is 5.56 Å². The second kappa shape index (κ2) is 5.34. The normalized spacial score (nSPS) is 17.3. The smallest absolute Gasteiger partial charge is 0.391 e. The first-order valence-corrected chi connectivity index (χ1v) is 6.45. The molecule has 1 aromatic carbocycles. The molecule has 20 heavy (non-hydrogen) atoms. The van der Waals surface area contributed by atoms with Crippen molar-refractivity contribution < 1.29 is 23.1 Å². The van der Waals surface area contributed by atoms with Gasteiger partial charge in [-0.05, 0) is 31.4 Å². The maximum absolute atomic E-state index is 12.6. The summed E-state index contributed by atoms with van der Waals surface area (Å²) >= 11 is 0. The fourth-order valence-corrected chi connectivity index (χ4v) is 2.41. The van der Waals surface area contributed by atoms with Crippen LogP contribution in [0.2, 0.25) is 0 Å². The number of phenols is 1. The van der Waals surface area contributed by atoms with Gasteiger partial charge in [-0.25, -0.2) is 0 Å². The van der Waals surface area contributed by atoms with Crippen LogP contribution in [0.5, 0.6) is 5.75 Å². The number of halogens is 3. The fraction of sp³-hybridized carbons (Fsp3) is 0.500. The van der Waals surface area contributed by atoms with Crippen molar-refractivity contribution in [2.24, 2.45) is 5.92 Å². The Labute approximate surface area is 115 Å². The molecule has 0 aromatic heterocycles. The van der Waals surface area contributed by atoms with Gasteiger partial charge >= 0.3 is 6.18 Å². The molecule has 0 radical (unpaired) electrons. The van der Waals surface area contributed by atoms with Crippen LogP contribution in [0.4, 0.5) is 13.2 Å². The number of carbonyl (C=O) groups is 1. The van der Waals surface area contributed by atoms with Crippen LogP contribution in [0.25, 0.3) is 0 Å². The highest BCUT2D eigenvalue weighted by atomic mass is 19.4. The first-order valence-electron chi connectivity index (χ1n) is 6.45. The highest BCUT2D eigenvalue weighted by Gasteiger charge is 2.41. The van der Waals surface area contributed by atoms with Crippen molar-refractivity contribution >= 4 is 5.91 Å². The molecule has 3 nitrogen and oxygen atoms in total. The first-order chi connectivity index (χ1) is 9.30. The number of phenolic OH excluding ortho intramolecular Hbond substituents is 1. The van der Waals surface area contributed by atoms with Crippen LogP contribution in [-0.4, -0.2) is 35.2 Å². The number of alkyl halides is 3. The van der Waals surface area contributed by atoms with E-state index >= 15 is 0 Å². The molecule has 1 saturated heterocycles. The summed E-state index contributed by atoms with van der Waals surface area (Å²) in [5.74, 6) is -1.85. The van der Waals surface area contributed by atoms with E-state index in [2.05, 4.69) is 0 Å². The molecule has 6 heteroatoms. The van der Waals surface area contributed by atoms with Gasteiger partial charge in [-0.2, -0.15) is 13.2 Å². The number of rotatable bonds is 1. The molecule has 1 fully saturated rings. The molecule has 2 rings (SSSR count). The Morgan fingerprint density at radius 2 is 1.90 bits per heavy atom. The van der Waals surface area contributed by atoms with E-state index in [1.807, 2.05) is 0 Å². The second-order valence-corrected chi connectivity index (χ2v) is 5.08. The summed E-state index contributed by atoms with van der Waals surface area (Å²) in [6.07, 6.45) is -4.36. The van der Waals surface area contributed by atoms with Gasteiger partial charge in [0, 0.05) is 13.1 Å². The molecular weight excluding hydrogens is 271 g/mol. The zero-order valence-electron chi connectivity index (χ0n) is 11.1. The predicted molar refractivity (Wildman–Crippen MR) is 67.5 cm³/mol. The van der Waals surface area contributed by atoms with E-state index in [9.17, 15) is 23.1 Å². The number of hydrogen-bond acceptors (Lipinski definition) is 2. The molecule has 0 unspecified atom stereocenters. The van der Waals surface area contributed by atoms with Crippen molar-refractivity contribution in [3.63, 3.8) is 0 Å². The number of benzene rings is 1. The minimum absolute atomic E-state index is 0.0659. The molecule has 0 atom stereocenters. The Balaban J connectivity index is 2.07. The summed E-state index contributed by atoms with van der Waals surface area (Å²) in [6.45, 7) is 1.80. The van der Waals surface area contributed by atoms with Crippen molar-refractivity contribution in [3.8, 4) is 5.75 Å². The summed E-state index contributed by atoms with van der Waals surface area (Å²) in [5, 5.41) is 9.85. The summed E-state index contributed by atoms with van der Waals surface area (Å²) in [5.41, 5.74) is 0.719. The van der Waals surface area contributed by atoms with Crippen LogP contribution in [0.15, 0.2) is 18.2 Å². The molecular formula is C14H16F3NO2. The lowest BCUT2D eigenvalue weighted by Gasteiger charge is -2.33. The Morgan fingerprint density at radius 1 is 1.30 bits per heavy atom. The zero-order chi connectivity index (χ0) is 14.9. The Kier molecular flexibility index (Phi) is 3.92. The summed E-state index contributed by atoms with van der Waals surface area (Å²) in [6, 6.07) is 4.80. The molecule has 1 aliphatic heterocycles. The summed E-state index contributed by atoms with van der Waals surface area (Å²) in [4.78, 5) is 13.6. The molecule has 110 valence electrons. The molecule has 1 aromatic rings. The second-order valence-electron chi connectivity index (χ2n) is 5.08. The van der Waals surface area contributed by atoms with Gasteiger partial charge < -0.3 is 10.0 Å². The number of likely N-dealkylation sites (tertiary alicyclic amines) is 1. The molecule has 0 aliphatic carbocycles. The van der Waals surface area contributed by atoms with Gasteiger partial charge in [-0.3, -0.25) is 4.79 Å². The van der Waals surface area contributed by atoms with Gasteiger partial charge in [0.2, 0.25) is 0 Å². The lowest BCUT2D eigenvalue weighted by Crippen LogP contribution is -2.42. The van der Waals surface area contributed by atoms with Gasteiger partial charge in [0.25, 0.3) is 5.91 Å². The van der Waals surface area contributed by atoms with Crippen molar-refractivity contribution in [1.82, 2.24) is 4.90 Å². The van der Waals surface area contributed by atoms with Crippen molar-refractivity contribution in [1.29, 1.82) is 0 Å². The molecule has 0 saturated carbocycles. The highest BCUT2D eigenvalue weighted by molar-refractivity contribution is 5.97. The molecule has 1 heterocycles. The van der Waals surface area contributed by atoms with Crippen molar-refractivity contribution in [2.75, 3.05) is 13.1 Å². The van der Waals surface area contributed by atoms with Crippen molar-refractivity contribution in [2.45, 2.75) is 25.9 Å². The third-order valence-electron chi connectivity index (χ3n) is 3.71. The van der Waals surface area contributed by atoms with E-state index in [1.165, 1.54) is 11.0 Å². The van der Waals surface area contributed by atoms with E-state index in [4.69, 9.17) is 0 Å². The number of para-hydroxylation sites is 1. The Bertz CT molecular complexity index is 506. The van der Waals surface area contributed by atoms with E-state index in [-0.39, 0.29) is 37.2 Å². The van der Waals surface area contributed by atoms with Crippen LogP contribution in [0.1, 0.15) is 28.8 Å². The molecule has 1 amide bonds. The highest BCUT2D eigenvalue weighted by Crippen LogP contribution is 2.35. The largest absolute Gasteiger partial charge is 0.507 e. The number of aromatic hydroxyl groups is 1. The molecule has 1 N–H and O–H groups in total. The van der Waals surface area contributed by atoms with Gasteiger partial charge in [0.1, 0.15) is 5.75 Å². The number of aryl methyl sites for hydroxylation is 1. The summed E-state index contributed by atoms with van der Waals surface area (Å²) < 4.78 is 37.7. The Morgan fingerprint density at radius 3 is 2.45 bits per heavy atom. The maximum Gasteiger partial charge on any atom is 0.391 e. The third-order valence-corrected chi connectivity index (χ3v) is 3.71. The van der Waals surface area contributed by atoms with Crippen LogP contribution < -0.4 is 0 Å². The molecule has 0 bridgehead atoms. The van der Waals surface area contributed by atoms with Crippen LogP contribution in [0.3, 0.4) is 0 Å².